The Labute approximate surface area is 86.8 Å². The van der Waals surface area contributed by atoms with Crippen molar-refractivity contribution in [1.82, 2.24) is 5.32 Å². The lowest BCUT2D eigenvalue weighted by molar-refractivity contribution is 0.715. The summed E-state index contributed by atoms with van der Waals surface area (Å²) in [6, 6.07) is 10.4. The Kier molecular flexibility index (Phi) is 5.02. The molecule has 0 aromatic heterocycles. The summed E-state index contributed by atoms with van der Waals surface area (Å²) in [5.74, 6) is 0. The number of hydrogen-bond donors (Lipinski definition) is 1. The minimum absolute atomic E-state index is 0.989. The molecule has 14 heavy (non-hydrogen) atoms. The molecule has 1 aromatic carbocycles. The molecule has 76 valence electrons. The molecule has 1 N–H and O–H groups in total. The van der Waals surface area contributed by atoms with E-state index in [9.17, 15) is 0 Å². The van der Waals surface area contributed by atoms with E-state index >= 15 is 0 Å². The van der Waals surface area contributed by atoms with Gasteiger partial charge in [-0.2, -0.15) is 0 Å². The third-order valence-electron chi connectivity index (χ3n) is 2.04. The molecule has 0 spiro atoms. The van der Waals surface area contributed by atoms with Crippen molar-refractivity contribution in [3.05, 3.63) is 41.5 Å². The van der Waals surface area contributed by atoms with Crippen LogP contribution >= 0.6 is 0 Å². The fraction of sp³-hybridized carbons (Fsp3) is 0.385. The summed E-state index contributed by atoms with van der Waals surface area (Å²) in [6.45, 7) is 6.43. The first kappa shape index (κ1) is 11.0. The highest BCUT2D eigenvalue weighted by molar-refractivity contribution is 5.52. The van der Waals surface area contributed by atoms with E-state index in [4.69, 9.17) is 0 Å². The fourth-order valence-electron chi connectivity index (χ4n) is 1.35. The second-order valence-corrected chi connectivity index (χ2v) is 3.58. The van der Waals surface area contributed by atoms with E-state index in [0.29, 0.717) is 0 Å². The normalized spacial score (nSPS) is 11.7. The third-order valence-corrected chi connectivity index (χ3v) is 2.04. The van der Waals surface area contributed by atoms with Crippen LogP contribution in [0.3, 0.4) is 0 Å². The van der Waals surface area contributed by atoms with Gasteiger partial charge in [-0.25, -0.2) is 0 Å². The topological polar surface area (TPSA) is 12.0 Å². The van der Waals surface area contributed by atoms with E-state index in [1.54, 1.807) is 0 Å². The molecule has 0 aliphatic rings. The Bertz CT molecular complexity index is 275. The van der Waals surface area contributed by atoms with Crippen molar-refractivity contribution >= 4 is 6.08 Å². The molecule has 1 rings (SSSR count). The van der Waals surface area contributed by atoms with Crippen LogP contribution in [0.2, 0.25) is 0 Å². The zero-order valence-corrected chi connectivity index (χ0v) is 9.09. The molecule has 0 radical (unpaired) electrons. The summed E-state index contributed by atoms with van der Waals surface area (Å²) in [5.41, 5.74) is 2.66. The number of benzene rings is 1. The summed E-state index contributed by atoms with van der Waals surface area (Å²) < 4.78 is 0. The Morgan fingerprint density at radius 2 is 2.00 bits per heavy atom. The Morgan fingerprint density at radius 3 is 2.64 bits per heavy atom. The molecular formula is C13H19N. The van der Waals surface area contributed by atoms with Gasteiger partial charge < -0.3 is 5.32 Å². The van der Waals surface area contributed by atoms with E-state index in [-0.39, 0.29) is 0 Å². The molecule has 0 fully saturated rings. The Morgan fingerprint density at radius 1 is 1.29 bits per heavy atom. The predicted molar refractivity (Wildman–Crippen MR) is 63.3 cm³/mol. The van der Waals surface area contributed by atoms with Crippen molar-refractivity contribution in [3.8, 4) is 0 Å². The van der Waals surface area contributed by atoms with Crippen LogP contribution in [0.15, 0.2) is 35.9 Å². The third kappa shape index (κ3) is 4.24. The van der Waals surface area contributed by atoms with Gasteiger partial charge in [-0.3, -0.25) is 0 Å². The molecule has 0 aliphatic heterocycles. The lowest BCUT2D eigenvalue weighted by atomic mass is 10.1. The van der Waals surface area contributed by atoms with Gasteiger partial charge in [0.05, 0.1) is 0 Å². The lowest BCUT2D eigenvalue weighted by Crippen LogP contribution is -2.16. The number of rotatable bonds is 5. The predicted octanol–water partition coefficient (Wildman–Crippen LogP) is 3.09. The van der Waals surface area contributed by atoms with Crippen LogP contribution in [0.5, 0.6) is 0 Å². The van der Waals surface area contributed by atoms with Crippen molar-refractivity contribution in [2.24, 2.45) is 0 Å². The first-order chi connectivity index (χ1) is 6.83. The number of nitrogens with one attached hydrogen (secondary N) is 1. The van der Waals surface area contributed by atoms with Gasteiger partial charge in [0.2, 0.25) is 0 Å². The smallest absolute Gasteiger partial charge is 0.0165 e. The van der Waals surface area contributed by atoms with E-state index in [1.807, 2.05) is 6.07 Å². The van der Waals surface area contributed by atoms with Crippen molar-refractivity contribution in [2.45, 2.75) is 20.3 Å². The molecule has 0 unspecified atom stereocenters. The maximum absolute atomic E-state index is 3.39. The minimum atomic E-state index is 0.989. The Balaban J connectivity index is 2.43. The molecule has 0 heterocycles. The monoisotopic (exact) mass is 189 g/mol. The fourth-order valence-corrected chi connectivity index (χ4v) is 1.35. The summed E-state index contributed by atoms with van der Waals surface area (Å²) >= 11 is 0. The maximum atomic E-state index is 3.39. The largest absolute Gasteiger partial charge is 0.313 e. The van der Waals surface area contributed by atoms with Gasteiger partial charge in [0.25, 0.3) is 0 Å². The quantitative estimate of drug-likeness (QED) is 0.702. The molecule has 0 bridgehead atoms. The van der Waals surface area contributed by atoms with Crippen molar-refractivity contribution in [3.63, 3.8) is 0 Å². The van der Waals surface area contributed by atoms with Crippen LogP contribution in [0, 0.1) is 0 Å². The second-order valence-electron chi connectivity index (χ2n) is 3.58. The molecule has 0 atom stereocenters. The van der Waals surface area contributed by atoms with Gasteiger partial charge in [-0.1, -0.05) is 48.9 Å². The van der Waals surface area contributed by atoms with Crippen molar-refractivity contribution < 1.29 is 0 Å². The lowest BCUT2D eigenvalue weighted by Gasteiger charge is -2.03. The highest BCUT2D eigenvalue weighted by Gasteiger charge is 1.90. The van der Waals surface area contributed by atoms with Gasteiger partial charge in [0.15, 0.2) is 0 Å². The van der Waals surface area contributed by atoms with Crippen LogP contribution < -0.4 is 5.32 Å². The zero-order valence-electron chi connectivity index (χ0n) is 9.09. The summed E-state index contributed by atoms with van der Waals surface area (Å²) in [5, 5.41) is 3.39. The summed E-state index contributed by atoms with van der Waals surface area (Å²) in [4.78, 5) is 0. The van der Waals surface area contributed by atoms with Crippen LogP contribution in [0.25, 0.3) is 6.08 Å². The highest BCUT2D eigenvalue weighted by atomic mass is 14.8. The zero-order chi connectivity index (χ0) is 10.2. The molecule has 1 heteroatoms. The molecule has 0 amide bonds. The standard InChI is InChI=1S/C13H19N/c1-3-9-14-11-12(2)10-13-7-5-4-6-8-13/h4-8,10,14H,3,9,11H2,1-2H3/b12-10+. The van der Waals surface area contributed by atoms with Gasteiger partial charge in [0, 0.05) is 6.54 Å². The van der Waals surface area contributed by atoms with Crippen molar-refractivity contribution in [1.29, 1.82) is 0 Å². The molecule has 1 nitrogen and oxygen atoms in total. The average molecular weight is 189 g/mol. The average Bonchev–Trinajstić information content (AvgIpc) is 2.20. The van der Waals surface area contributed by atoms with Crippen molar-refractivity contribution in [2.75, 3.05) is 13.1 Å². The van der Waals surface area contributed by atoms with Crippen LogP contribution in [-0.4, -0.2) is 13.1 Å². The van der Waals surface area contributed by atoms with E-state index in [1.165, 1.54) is 17.6 Å². The van der Waals surface area contributed by atoms with E-state index in [0.717, 1.165) is 13.1 Å². The molecule has 0 saturated heterocycles. The summed E-state index contributed by atoms with van der Waals surface area (Å²) in [6.07, 6.45) is 3.42. The summed E-state index contributed by atoms with van der Waals surface area (Å²) in [7, 11) is 0. The Hall–Kier alpha value is -1.08. The van der Waals surface area contributed by atoms with Gasteiger partial charge in [-0.05, 0) is 25.5 Å². The van der Waals surface area contributed by atoms with Gasteiger partial charge >= 0.3 is 0 Å². The minimum Gasteiger partial charge on any atom is -0.313 e. The molecule has 0 saturated carbocycles. The van der Waals surface area contributed by atoms with E-state index in [2.05, 4.69) is 49.5 Å². The molecular weight excluding hydrogens is 170 g/mol. The van der Waals surface area contributed by atoms with Crippen LogP contribution in [0.1, 0.15) is 25.8 Å². The highest BCUT2D eigenvalue weighted by Crippen LogP contribution is 2.04. The molecule has 0 aliphatic carbocycles. The SMILES string of the molecule is CCCNC/C(C)=C/c1ccccc1. The maximum Gasteiger partial charge on any atom is 0.0165 e. The van der Waals surface area contributed by atoms with E-state index < -0.39 is 0 Å². The van der Waals surface area contributed by atoms with Crippen LogP contribution in [-0.2, 0) is 0 Å². The van der Waals surface area contributed by atoms with Gasteiger partial charge in [-0.15, -0.1) is 0 Å². The second kappa shape index (κ2) is 6.39. The first-order valence-electron chi connectivity index (χ1n) is 5.26. The molecule has 1 aromatic rings. The van der Waals surface area contributed by atoms with Gasteiger partial charge in [0.1, 0.15) is 0 Å². The number of hydrogen-bond acceptors (Lipinski definition) is 1. The first-order valence-corrected chi connectivity index (χ1v) is 5.26. The van der Waals surface area contributed by atoms with Crippen LogP contribution in [0.4, 0.5) is 0 Å².